The molecule has 26 heavy (non-hydrogen) atoms. The van der Waals surface area contributed by atoms with Crippen molar-refractivity contribution < 1.29 is 17.6 Å². The van der Waals surface area contributed by atoms with Crippen LogP contribution in [-0.2, 0) is 9.84 Å². The Kier molecular flexibility index (Phi) is 4.04. The van der Waals surface area contributed by atoms with E-state index in [1.165, 1.54) is 28.4 Å². The lowest BCUT2D eigenvalue weighted by molar-refractivity contribution is 0.0659. The highest BCUT2D eigenvalue weighted by Crippen LogP contribution is 2.27. The Hall–Kier alpha value is -2.32. The Bertz CT molecular complexity index is 1100. The van der Waals surface area contributed by atoms with Gasteiger partial charge in [0, 0.05) is 18.7 Å². The summed E-state index contributed by atoms with van der Waals surface area (Å²) in [5.74, 6) is -0.674. The van der Waals surface area contributed by atoms with Crippen molar-refractivity contribution in [2.75, 3.05) is 13.1 Å². The molecule has 5 nitrogen and oxygen atoms in total. The zero-order valence-corrected chi connectivity index (χ0v) is 15.5. The van der Waals surface area contributed by atoms with Gasteiger partial charge in [0.2, 0.25) is 0 Å². The van der Waals surface area contributed by atoms with Crippen LogP contribution in [0.25, 0.3) is 10.2 Å². The number of carbonyl (C=O) groups is 1. The van der Waals surface area contributed by atoms with Crippen molar-refractivity contribution >= 4 is 37.3 Å². The Labute approximate surface area is 154 Å². The third-order valence-corrected chi connectivity index (χ3v) is 7.50. The highest BCUT2D eigenvalue weighted by molar-refractivity contribution is 7.92. The summed E-state index contributed by atoms with van der Waals surface area (Å²) in [6.07, 6.45) is 0. The Balaban J connectivity index is 1.49. The van der Waals surface area contributed by atoms with Crippen molar-refractivity contribution in [2.45, 2.75) is 17.1 Å². The van der Waals surface area contributed by atoms with Crippen LogP contribution >= 0.6 is 11.3 Å². The molecular weight excluding hydrogens is 375 g/mol. The molecule has 0 spiro atoms. The van der Waals surface area contributed by atoms with Gasteiger partial charge in [-0.15, -0.1) is 11.3 Å². The fourth-order valence-electron chi connectivity index (χ4n) is 2.97. The van der Waals surface area contributed by atoms with Gasteiger partial charge in [-0.2, -0.15) is 0 Å². The summed E-state index contributed by atoms with van der Waals surface area (Å²) in [6, 6.07) is 10.1. The van der Waals surface area contributed by atoms with E-state index >= 15 is 0 Å². The number of nitrogens with zero attached hydrogens (tertiary/aromatic N) is 2. The largest absolute Gasteiger partial charge is 0.336 e. The maximum atomic E-state index is 13.0. The lowest BCUT2D eigenvalue weighted by atomic mass is 10.1. The molecule has 1 saturated heterocycles. The number of hydrogen-bond donors (Lipinski definition) is 0. The van der Waals surface area contributed by atoms with Crippen molar-refractivity contribution in [1.29, 1.82) is 0 Å². The first-order chi connectivity index (χ1) is 12.3. The maximum Gasteiger partial charge on any atom is 0.253 e. The Morgan fingerprint density at radius 3 is 2.58 bits per heavy atom. The number of sulfone groups is 1. The molecule has 134 valence electrons. The number of carbonyl (C=O) groups excluding carboxylic acids is 1. The van der Waals surface area contributed by atoms with Crippen molar-refractivity contribution in [2.24, 2.45) is 0 Å². The Morgan fingerprint density at radius 1 is 1.19 bits per heavy atom. The minimum atomic E-state index is -3.57. The summed E-state index contributed by atoms with van der Waals surface area (Å²) in [5.41, 5.74) is 1.38. The van der Waals surface area contributed by atoms with Crippen molar-refractivity contribution in [3.05, 3.63) is 58.9 Å². The third kappa shape index (κ3) is 2.89. The van der Waals surface area contributed by atoms with Gasteiger partial charge in [-0.05, 0) is 49.4 Å². The zero-order chi connectivity index (χ0) is 18.5. The van der Waals surface area contributed by atoms with Crippen LogP contribution in [0.3, 0.4) is 0 Å². The molecule has 0 saturated carbocycles. The van der Waals surface area contributed by atoms with Crippen LogP contribution in [0.1, 0.15) is 15.4 Å². The summed E-state index contributed by atoms with van der Waals surface area (Å²) < 4.78 is 39.0. The van der Waals surface area contributed by atoms with E-state index in [0.717, 1.165) is 27.4 Å². The van der Waals surface area contributed by atoms with Crippen LogP contribution < -0.4 is 0 Å². The lowest BCUT2D eigenvalue weighted by Crippen LogP contribution is -2.56. The quantitative estimate of drug-likeness (QED) is 0.645. The highest BCUT2D eigenvalue weighted by atomic mass is 32.2. The minimum Gasteiger partial charge on any atom is -0.336 e. The average Bonchev–Trinajstić information content (AvgIpc) is 2.92. The summed E-state index contributed by atoms with van der Waals surface area (Å²) in [6.45, 7) is 2.18. The standard InChI is InChI=1S/C18H15FN2O3S2/c1-11-20-16-7-2-12(8-17(16)25-11)18(22)21-9-15(10-21)26(23,24)14-5-3-13(19)4-6-14/h2-8,15H,9-10H2,1H3. The molecule has 0 radical (unpaired) electrons. The first-order valence-corrected chi connectivity index (χ1v) is 10.4. The minimum absolute atomic E-state index is 0.0811. The van der Waals surface area contributed by atoms with Gasteiger partial charge in [-0.25, -0.2) is 17.8 Å². The molecule has 0 atom stereocenters. The molecule has 8 heteroatoms. The van der Waals surface area contributed by atoms with Crippen LogP contribution in [0.15, 0.2) is 47.4 Å². The molecule has 1 aliphatic heterocycles. The van der Waals surface area contributed by atoms with Gasteiger partial charge in [0.05, 0.1) is 20.1 Å². The molecule has 1 aromatic heterocycles. The summed E-state index contributed by atoms with van der Waals surface area (Å²) in [4.78, 5) is 18.6. The monoisotopic (exact) mass is 390 g/mol. The lowest BCUT2D eigenvalue weighted by Gasteiger charge is -2.38. The van der Waals surface area contributed by atoms with E-state index in [2.05, 4.69) is 4.98 Å². The molecule has 1 fully saturated rings. The highest BCUT2D eigenvalue weighted by Gasteiger charge is 2.40. The maximum absolute atomic E-state index is 13.0. The van der Waals surface area contributed by atoms with Gasteiger partial charge >= 0.3 is 0 Å². The normalized spacial score (nSPS) is 15.2. The number of benzene rings is 2. The zero-order valence-electron chi connectivity index (χ0n) is 13.8. The Morgan fingerprint density at radius 2 is 1.88 bits per heavy atom. The van der Waals surface area contributed by atoms with Crippen molar-refractivity contribution in [3.8, 4) is 0 Å². The second-order valence-corrected chi connectivity index (χ2v) is 9.71. The van der Waals surface area contributed by atoms with Gasteiger partial charge in [0.1, 0.15) is 11.1 Å². The van der Waals surface area contributed by atoms with Crippen molar-refractivity contribution in [3.63, 3.8) is 0 Å². The van der Waals surface area contributed by atoms with E-state index in [0.29, 0.717) is 5.56 Å². The average molecular weight is 390 g/mol. The first-order valence-electron chi connectivity index (χ1n) is 8.00. The van der Waals surface area contributed by atoms with Crippen molar-refractivity contribution in [1.82, 2.24) is 9.88 Å². The number of thiazole rings is 1. The van der Waals surface area contributed by atoms with Crippen LogP contribution in [-0.4, -0.2) is 42.5 Å². The fourth-order valence-corrected chi connectivity index (χ4v) is 5.49. The van der Waals surface area contributed by atoms with Crippen LogP contribution in [0.2, 0.25) is 0 Å². The predicted octanol–water partition coefficient (Wildman–Crippen LogP) is 3.04. The van der Waals surface area contributed by atoms with E-state index in [9.17, 15) is 17.6 Å². The predicted molar refractivity (Wildman–Crippen MR) is 97.6 cm³/mol. The van der Waals surface area contributed by atoms with Gasteiger partial charge in [-0.1, -0.05) is 0 Å². The topological polar surface area (TPSA) is 67.3 Å². The van der Waals surface area contributed by atoms with E-state index < -0.39 is 20.9 Å². The van der Waals surface area contributed by atoms with Crippen LogP contribution in [0.4, 0.5) is 4.39 Å². The molecule has 0 unspecified atom stereocenters. The molecule has 2 heterocycles. The van der Waals surface area contributed by atoms with E-state index in [1.807, 2.05) is 6.92 Å². The van der Waals surface area contributed by atoms with E-state index in [4.69, 9.17) is 0 Å². The first kappa shape index (κ1) is 17.1. The van der Waals surface area contributed by atoms with Gasteiger partial charge in [-0.3, -0.25) is 4.79 Å². The summed E-state index contributed by atoms with van der Waals surface area (Å²) >= 11 is 1.52. The molecule has 1 amide bonds. The van der Waals surface area contributed by atoms with Gasteiger partial charge < -0.3 is 4.90 Å². The van der Waals surface area contributed by atoms with Crippen LogP contribution in [0, 0.1) is 12.7 Å². The second kappa shape index (κ2) is 6.14. The number of amides is 1. The van der Waals surface area contributed by atoms with Gasteiger partial charge in [0.25, 0.3) is 5.91 Å². The number of fused-ring (bicyclic) bond motifs is 1. The number of hydrogen-bond acceptors (Lipinski definition) is 5. The molecule has 3 aromatic rings. The SMILES string of the molecule is Cc1nc2ccc(C(=O)N3CC(S(=O)(=O)c4ccc(F)cc4)C3)cc2s1. The van der Waals surface area contributed by atoms with Crippen LogP contribution in [0.5, 0.6) is 0 Å². The number of rotatable bonds is 3. The second-order valence-electron chi connectivity index (χ2n) is 6.25. The number of aryl methyl sites for hydroxylation is 1. The third-order valence-electron chi connectivity index (χ3n) is 4.46. The fraction of sp³-hybridized carbons (Fsp3) is 0.222. The molecule has 1 aliphatic rings. The molecule has 0 bridgehead atoms. The van der Waals surface area contributed by atoms with E-state index in [1.54, 1.807) is 18.2 Å². The molecule has 2 aromatic carbocycles. The summed E-state index contributed by atoms with van der Waals surface area (Å²) in [5, 5.41) is 0.269. The molecule has 0 N–H and O–H groups in total. The molecule has 0 aliphatic carbocycles. The van der Waals surface area contributed by atoms with Gasteiger partial charge in [0.15, 0.2) is 9.84 Å². The summed E-state index contributed by atoms with van der Waals surface area (Å²) in [7, 11) is -3.57. The molecular formula is C18H15FN2O3S2. The number of likely N-dealkylation sites (tertiary alicyclic amines) is 1. The molecule has 4 rings (SSSR count). The number of aromatic nitrogens is 1. The smallest absolute Gasteiger partial charge is 0.253 e. The van der Waals surface area contributed by atoms with E-state index in [-0.39, 0.29) is 23.9 Å². The number of halogens is 1.